The smallest absolute Gasteiger partial charge is 0.248 e. The fraction of sp³-hybridized carbons (Fsp3) is 0.538. The van der Waals surface area contributed by atoms with Crippen LogP contribution in [0.15, 0.2) is 11.4 Å². The predicted molar refractivity (Wildman–Crippen MR) is 78.3 cm³/mol. The van der Waals surface area contributed by atoms with Gasteiger partial charge in [-0.05, 0) is 11.8 Å². The lowest BCUT2D eigenvalue weighted by Crippen LogP contribution is -2.58. The highest BCUT2D eigenvalue weighted by molar-refractivity contribution is 7.90. The maximum absolute atomic E-state index is 11.5. The molecule has 8 nitrogen and oxygen atoms in total. The first-order chi connectivity index (χ1) is 10.1. The van der Waals surface area contributed by atoms with Gasteiger partial charge in [-0.25, -0.2) is 13.4 Å². The van der Waals surface area contributed by atoms with Crippen molar-refractivity contribution in [3.63, 3.8) is 0 Å². The van der Waals surface area contributed by atoms with E-state index >= 15 is 0 Å². The number of nitrogens with two attached hydrogens (primary N) is 1. The van der Waals surface area contributed by atoms with Gasteiger partial charge in [0.15, 0.2) is 0 Å². The van der Waals surface area contributed by atoms with E-state index in [1.165, 1.54) is 6.20 Å². The summed E-state index contributed by atoms with van der Waals surface area (Å²) in [5.74, 6) is -0.492. The molecule has 0 bridgehead atoms. The number of aromatic nitrogens is 2. The Morgan fingerprint density at radius 3 is 2.64 bits per heavy atom. The van der Waals surface area contributed by atoms with Gasteiger partial charge < -0.3 is 11.1 Å². The lowest BCUT2D eigenvalue weighted by Gasteiger charge is -2.50. The van der Waals surface area contributed by atoms with Gasteiger partial charge in [0.05, 0.1) is 6.20 Å². The van der Waals surface area contributed by atoms with Crippen molar-refractivity contribution >= 4 is 21.6 Å². The normalized spacial score (nSPS) is 23.2. The number of carbonyl (C=O) groups excluding carboxylic acids is 1. The van der Waals surface area contributed by atoms with Crippen molar-refractivity contribution in [2.75, 3.05) is 11.6 Å². The summed E-state index contributed by atoms with van der Waals surface area (Å²) in [5, 5.41) is 11.8. The molecule has 1 aliphatic rings. The number of primary amides is 1. The van der Waals surface area contributed by atoms with Gasteiger partial charge in [0.1, 0.15) is 17.5 Å². The van der Waals surface area contributed by atoms with Crippen LogP contribution in [0.2, 0.25) is 0 Å². The Balaban J connectivity index is 2.31. The molecule has 1 aromatic heterocycles. The van der Waals surface area contributed by atoms with Crippen LogP contribution < -0.4 is 11.1 Å². The Bertz CT molecular complexity index is 766. The first-order valence-electron chi connectivity index (χ1n) is 6.60. The number of anilines is 1. The Morgan fingerprint density at radius 2 is 2.18 bits per heavy atom. The molecule has 2 atom stereocenters. The molecule has 3 N–H and O–H groups in total. The molecule has 9 heteroatoms. The number of sulfone groups is 1. The third-order valence-corrected chi connectivity index (χ3v) is 5.00. The highest BCUT2D eigenvalue weighted by Gasteiger charge is 2.51. The van der Waals surface area contributed by atoms with Crippen molar-refractivity contribution in [2.45, 2.75) is 31.5 Å². The first-order valence-corrected chi connectivity index (χ1v) is 8.49. The molecule has 22 heavy (non-hydrogen) atoms. The SMILES string of the molecule is CC1(C)[C@@H](C(N)=O)C[C@H]1Nc1nc(S(C)(=O)=O)ncc1C#N. The van der Waals surface area contributed by atoms with Crippen LogP contribution in [0.3, 0.4) is 0 Å². The molecule has 2 rings (SSSR count). The van der Waals surface area contributed by atoms with Crippen molar-refractivity contribution < 1.29 is 13.2 Å². The second-order valence-corrected chi connectivity index (χ2v) is 7.92. The van der Waals surface area contributed by atoms with E-state index in [0.29, 0.717) is 6.42 Å². The molecule has 1 aliphatic carbocycles. The maximum atomic E-state index is 11.5. The van der Waals surface area contributed by atoms with E-state index in [1.807, 2.05) is 19.9 Å². The van der Waals surface area contributed by atoms with E-state index in [2.05, 4.69) is 15.3 Å². The van der Waals surface area contributed by atoms with Crippen molar-refractivity contribution in [3.05, 3.63) is 11.8 Å². The van der Waals surface area contributed by atoms with Gasteiger partial charge >= 0.3 is 0 Å². The van der Waals surface area contributed by atoms with E-state index in [-0.39, 0.29) is 34.4 Å². The average Bonchev–Trinajstić information content (AvgIpc) is 2.41. The van der Waals surface area contributed by atoms with Crippen molar-refractivity contribution in [1.82, 2.24) is 9.97 Å². The highest BCUT2D eigenvalue weighted by Crippen LogP contribution is 2.47. The van der Waals surface area contributed by atoms with Crippen LogP contribution in [0.5, 0.6) is 0 Å². The summed E-state index contributed by atoms with van der Waals surface area (Å²) in [6.45, 7) is 3.77. The molecule has 0 spiro atoms. The Labute approximate surface area is 128 Å². The van der Waals surface area contributed by atoms with Crippen LogP contribution in [-0.4, -0.2) is 36.6 Å². The van der Waals surface area contributed by atoms with Gasteiger partial charge in [0.2, 0.25) is 20.9 Å². The number of hydrogen-bond donors (Lipinski definition) is 2. The highest BCUT2D eigenvalue weighted by atomic mass is 32.2. The molecule has 1 fully saturated rings. The largest absolute Gasteiger partial charge is 0.369 e. The molecule has 0 saturated heterocycles. The van der Waals surface area contributed by atoms with Gasteiger partial charge in [0.25, 0.3) is 0 Å². The topological polar surface area (TPSA) is 139 Å². The third kappa shape index (κ3) is 2.74. The van der Waals surface area contributed by atoms with Crippen LogP contribution in [0, 0.1) is 22.7 Å². The van der Waals surface area contributed by atoms with Crippen LogP contribution in [-0.2, 0) is 14.6 Å². The van der Waals surface area contributed by atoms with E-state index in [9.17, 15) is 13.2 Å². The number of nitriles is 1. The molecule has 0 radical (unpaired) electrons. The number of rotatable bonds is 4. The summed E-state index contributed by atoms with van der Waals surface area (Å²) in [5.41, 5.74) is 5.08. The van der Waals surface area contributed by atoms with E-state index in [0.717, 1.165) is 6.26 Å². The Kier molecular flexibility index (Phi) is 3.83. The summed E-state index contributed by atoms with van der Waals surface area (Å²) in [4.78, 5) is 18.9. The summed E-state index contributed by atoms with van der Waals surface area (Å²) >= 11 is 0. The zero-order chi connectivity index (χ0) is 16.7. The molecule has 118 valence electrons. The second kappa shape index (κ2) is 5.21. The molecule has 1 aromatic rings. The standard InChI is InChI=1S/C13H17N5O3S/c1-13(2)8(10(15)19)4-9(13)17-11-7(5-14)6-16-12(18-11)22(3,20)21/h6,8-9H,4H2,1-3H3,(H2,15,19)(H,16,17,18)/t8-,9-/m1/s1. The van der Waals surface area contributed by atoms with Crippen molar-refractivity contribution in [2.24, 2.45) is 17.1 Å². The maximum Gasteiger partial charge on any atom is 0.248 e. The number of nitrogens with one attached hydrogen (secondary N) is 1. The van der Waals surface area contributed by atoms with E-state index < -0.39 is 15.3 Å². The van der Waals surface area contributed by atoms with Crippen molar-refractivity contribution in [1.29, 1.82) is 5.26 Å². The van der Waals surface area contributed by atoms with Gasteiger partial charge in [-0.15, -0.1) is 0 Å². The monoisotopic (exact) mass is 323 g/mol. The van der Waals surface area contributed by atoms with Crippen LogP contribution in [0.1, 0.15) is 25.8 Å². The lowest BCUT2D eigenvalue weighted by molar-refractivity contribution is -0.131. The Morgan fingerprint density at radius 1 is 1.55 bits per heavy atom. The average molecular weight is 323 g/mol. The molecular weight excluding hydrogens is 306 g/mol. The fourth-order valence-corrected chi connectivity index (χ4v) is 3.06. The molecule has 1 saturated carbocycles. The second-order valence-electron chi connectivity index (χ2n) is 6.01. The molecule has 0 aromatic carbocycles. The molecular formula is C13H17N5O3S. The summed E-state index contributed by atoms with van der Waals surface area (Å²) < 4.78 is 23.1. The minimum absolute atomic E-state index is 0.139. The first kappa shape index (κ1) is 16.2. The minimum atomic E-state index is -3.57. The summed E-state index contributed by atoms with van der Waals surface area (Å²) in [7, 11) is -3.57. The summed E-state index contributed by atoms with van der Waals surface area (Å²) in [6, 6.07) is 1.78. The van der Waals surface area contributed by atoms with Crippen LogP contribution in [0.25, 0.3) is 0 Å². The van der Waals surface area contributed by atoms with Crippen LogP contribution in [0.4, 0.5) is 5.82 Å². The zero-order valence-electron chi connectivity index (χ0n) is 12.5. The van der Waals surface area contributed by atoms with Gasteiger partial charge in [-0.2, -0.15) is 10.2 Å². The third-order valence-electron chi connectivity index (χ3n) is 4.14. The quantitative estimate of drug-likeness (QED) is 0.747. The number of nitrogens with zero attached hydrogens (tertiary/aromatic N) is 3. The number of amides is 1. The lowest BCUT2D eigenvalue weighted by atomic mass is 9.58. The summed E-state index contributed by atoms with van der Waals surface area (Å²) in [6.07, 6.45) is 2.67. The fourth-order valence-electron chi connectivity index (χ4n) is 2.55. The van der Waals surface area contributed by atoms with E-state index in [1.54, 1.807) is 0 Å². The number of carbonyl (C=O) groups is 1. The predicted octanol–water partition coefficient (Wildman–Crippen LogP) is 0.0637. The molecule has 0 unspecified atom stereocenters. The molecule has 1 amide bonds. The van der Waals surface area contributed by atoms with Gasteiger partial charge in [-0.3, -0.25) is 4.79 Å². The minimum Gasteiger partial charge on any atom is -0.369 e. The molecule has 1 heterocycles. The van der Waals surface area contributed by atoms with Crippen molar-refractivity contribution in [3.8, 4) is 6.07 Å². The van der Waals surface area contributed by atoms with Gasteiger partial charge in [-0.1, -0.05) is 13.8 Å². The molecule has 0 aliphatic heterocycles. The number of hydrogen-bond acceptors (Lipinski definition) is 7. The van der Waals surface area contributed by atoms with E-state index in [4.69, 9.17) is 11.0 Å². The van der Waals surface area contributed by atoms with Crippen LogP contribution >= 0.6 is 0 Å². The van der Waals surface area contributed by atoms with Gasteiger partial charge in [0, 0.05) is 18.2 Å². The Hall–Kier alpha value is -2.21. The zero-order valence-corrected chi connectivity index (χ0v) is 13.3.